The Bertz CT molecular complexity index is 1230. The van der Waals surface area contributed by atoms with Crippen LogP contribution in [-0.4, -0.2) is 58.3 Å². The second kappa shape index (κ2) is 26.2. The average Bonchev–Trinajstić information content (AvgIpc) is 3.06. The SMILES string of the molecule is C#C.C=C/C(C)=C(\C)N=C(C=C(C)C)C1CCN(S(=C)(=C)/C(C(=C)C)=C(\C)N(C)CC)CC1.CC.CC.CCc1cccnc1. The molecule has 5 heteroatoms. The van der Waals surface area contributed by atoms with Gasteiger partial charge in [-0.15, -0.1) is 22.2 Å². The summed E-state index contributed by atoms with van der Waals surface area (Å²) >= 11 is 0. The molecule has 254 valence electrons. The third kappa shape index (κ3) is 16.7. The summed E-state index contributed by atoms with van der Waals surface area (Å²) in [5.74, 6) is 9.74. The van der Waals surface area contributed by atoms with Crippen molar-refractivity contribution in [1.29, 1.82) is 0 Å². The van der Waals surface area contributed by atoms with Crippen molar-refractivity contribution < 1.29 is 0 Å². The number of hydrogen-bond donors (Lipinski definition) is 0. The van der Waals surface area contributed by atoms with E-state index >= 15 is 0 Å². The van der Waals surface area contributed by atoms with E-state index in [0.717, 1.165) is 55.7 Å². The topological polar surface area (TPSA) is 31.7 Å². The highest BCUT2D eigenvalue weighted by molar-refractivity contribution is 8.29. The third-order valence-electron chi connectivity index (χ3n) is 7.25. The first-order valence-electron chi connectivity index (χ1n) is 16.4. The summed E-state index contributed by atoms with van der Waals surface area (Å²) in [4.78, 5) is 12.5. The molecular formula is C40H68N4S. The first-order chi connectivity index (χ1) is 21.3. The molecule has 0 bridgehead atoms. The second-order valence-corrected chi connectivity index (χ2v) is 13.3. The summed E-state index contributed by atoms with van der Waals surface area (Å²) in [5.41, 5.74) is 8.26. The molecule has 1 fully saturated rings. The molecule has 0 unspecified atom stereocenters. The van der Waals surface area contributed by atoms with E-state index in [2.05, 4.69) is 127 Å². The van der Waals surface area contributed by atoms with E-state index in [1.807, 2.05) is 46.0 Å². The quantitative estimate of drug-likeness (QED) is 0.111. The van der Waals surface area contributed by atoms with E-state index in [1.54, 1.807) is 6.20 Å². The second-order valence-electron chi connectivity index (χ2n) is 10.7. The van der Waals surface area contributed by atoms with Gasteiger partial charge < -0.3 is 4.90 Å². The van der Waals surface area contributed by atoms with Gasteiger partial charge in [-0.05, 0) is 96.6 Å². The Labute approximate surface area is 281 Å². The van der Waals surface area contributed by atoms with Gasteiger partial charge in [-0.3, -0.25) is 14.3 Å². The number of aliphatic imine (C=N–C) groups is 1. The Kier molecular flexibility index (Phi) is 27.0. The number of allylic oxidation sites excluding steroid dienone is 7. The molecule has 0 N–H and O–H groups in total. The Morgan fingerprint density at radius 2 is 1.58 bits per heavy atom. The minimum atomic E-state index is -1.60. The van der Waals surface area contributed by atoms with Crippen LogP contribution >= 0.6 is 9.39 Å². The van der Waals surface area contributed by atoms with E-state index in [4.69, 9.17) is 4.99 Å². The summed E-state index contributed by atoms with van der Waals surface area (Å²) in [5, 5.41) is 0. The van der Waals surface area contributed by atoms with Gasteiger partial charge in [0.1, 0.15) is 0 Å². The standard InChI is InChI=1S/C27H45N3S.C7H9N.2C2H6.C2H2/c1-13-22(7)23(8)28-26(19-20(3)4)25-15-17-30(18-16-25)31(11,12)27(21(5)6)24(9)29(10)14-2;1-2-7-4-3-5-8-6-7;3*1-2/h13,19,25H,1,5,11-12,14-18H2,2-4,6-10H3;3-6H,2H2,1H3;2*1-2H3;1-2H/b23-22+,27-24+,28-26?;;;;. The van der Waals surface area contributed by atoms with Crippen molar-refractivity contribution in [2.75, 3.05) is 26.7 Å². The maximum absolute atomic E-state index is 5.00. The zero-order chi connectivity index (χ0) is 35.8. The highest BCUT2D eigenvalue weighted by Gasteiger charge is 2.27. The lowest BCUT2D eigenvalue weighted by molar-refractivity contribution is 0.342. The number of pyridine rings is 1. The van der Waals surface area contributed by atoms with Crippen LogP contribution in [0.2, 0.25) is 0 Å². The lowest BCUT2D eigenvalue weighted by Gasteiger charge is -2.40. The van der Waals surface area contributed by atoms with Crippen LogP contribution in [0.1, 0.15) is 101 Å². The summed E-state index contributed by atoms with van der Waals surface area (Å²) in [6.45, 7) is 36.1. The fourth-order valence-electron chi connectivity index (χ4n) is 4.52. The maximum atomic E-state index is 5.00. The van der Waals surface area contributed by atoms with Crippen molar-refractivity contribution in [2.45, 2.75) is 102 Å². The van der Waals surface area contributed by atoms with Gasteiger partial charge in [0.2, 0.25) is 0 Å². The Morgan fingerprint density at radius 1 is 1.04 bits per heavy atom. The van der Waals surface area contributed by atoms with E-state index < -0.39 is 9.39 Å². The van der Waals surface area contributed by atoms with Crippen LogP contribution < -0.4 is 0 Å². The molecule has 0 amide bonds. The number of terminal acetylenes is 1. The molecule has 1 aromatic rings. The van der Waals surface area contributed by atoms with E-state index in [-0.39, 0.29) is 0 Å². The van der Waals surface area contributed by atoms with Gasteiger partial charge in [-0.1, -0.05) is 77.2 Å². The molecule has 2 heterocycles. The molecule has 45 heavy (non-hydrogen) atoms. The number of nitrogens with zero attached hydrogens (tertiary/aromatic N) is 4. The maximum Gasteiger partial charge on any atom is 0.0438 e. The molecule has 1 aromatic heterocycles. The number of aryl methyl sites for hydroxylation is 1. The molecule has 2 rings (SSSR count). The molecule has 0 radical (unpaired) electrons. The fraction of sp³-hybridized carbons (Fsp3) is 0.500. The van der Waals surface area contributed by atoms with Crippen LogP contribution in [0.5, 0.6) is 0 Å². The van der Waals surface area contributed by atoms with Crippen LogP contribution in [0.3, 0.4) is 0 Å². The first kappa shape index (κ1) is 46.3. The molecule has 0 saturated carbocycles. The predicted octanol–water partition coefficient (Wildman–Crippen LogP) is 10.9. The molecule has 0 spiro atoms. The normalized spacial score (nSPS) is 14.4. The summed E-state index contributed by atoms with van der Waals surface area (Å²) < 4.78 is 2.50. The average molecular weight is 637 g/mol. The Morgan fingerprint density at radius 3 is 1.93 bits per heavy atom. The van der Waals surface area contributed by atoms with Gasteiger partial charge in [0, 0.05) is 67.0 Å². The Balaban J connectivity index is -0.00000105. The predicted molar refractivity (Wildman–Crippen MR) is 214 cm³/mol. The van der Waals surface area contributed by atoms with Gasteiger partial charge in [0.15, 0.2) is 0 Å². The smallest absolute Gasteiger partial charge is 0.0438 e. The monoisotopic (exact) mass is 637 g/mol. The summed E-state index contributed by atoms with van der Waals surface area (Å²) in [7, 11) is 0.532. The van der Waals surface area contributed by atoms with Crippen molar-refractivity contribution in [3.05, 3.63) is 88.4 Å². The number of aromatic nitrogens is 1. The molecule has 4 nitrogen and oxygen atoms in total. The lowest BCUT2D eigenvalue weighted by Crippen LogP contribution is -2.35. The molecule has 1 saturated heterocycles. The number of hydrogen-bond acceptors (Lipinski definition) is 4. The van der Waals surface area contributed by atoms with Crippen LogP contribution in [-0.2, 0) is 6.42 Å². The largest absolute Gasteiger partial charge is 0.377 e. The fourth-order valence-corrected chi connectivity index (χ4v) is 7.05. The van der Waals surface area contributed by atoms with Crippen LogP contribution in [0.25, 0.3) is 0 Å². The number of piperidine rings is 1. The third-order valence-corrected chi connectivity index (χ3v) is 10.0. The number of rotatable bonds is 10. The Hall–Kier alpha value is -3.07. The first-order valence-corrected chi connectivity index (χ1v) is 18.3. The van der Waals surface area contributed by atoms with Gasteiger partial charge in [-0.25, -0.2) is 0 Å². The zero-order valence-corrected chi connectivity index (χ0v) is 32.3. The van der Waals surface area contributed by atoms with Crippen LogP contribution in [0.15, 0.2) is 87.8 Å². The van der Waals surface area contributed by atoms with Crippen molar-refractivity contribution in [2.24, 2.45) is 10.9 Å². The summed E-state index contributed by atoms with van der Waals surface area (Å²) in [6, 6.07) is 4.03. The minimum Gasteiger partial charge on any atom is -0.377 e. The van der Waals surface area contributed by atoms with Gasteiger partial charge >= 0.3 is 0 Å². The molecule has 0 aromatic carbocycles. The van der Waals surface area contributed by atoms with Crippen molar-refractivity contribution in [3.8, 4) is 12.8 Å². The zero-order valence-electron chi connectivity index (χ0n) is 31.5. The van der Waals surface area contributed by atoms with E-state index in [1.165, 1.54) is 27.5 Å². The van der Waals surface area contributed by atoms with Crippen molar-refractivity contribution in [3.63, 3.8) is 0 Å². The van der Waals surface area contributed by atoms with Crippen LogP contribution in [0, 0.1) is 18.8 Å². The molecule has 0 atom stereocenters. The van der Waals surface area contributed by atoms with Crippen molar-refractivity contribution in [1.82, 2.24) is 14.2 Å². The van der Waals surface area contributed by atoms with Gasteiger partial charge in [0.25, 0.3) is 0 Å². The minimum absolute atomic E-state index is 0.450. The lowest BCUT2D eigenvalue weighted by atomic mass is 9.91. The molecule has 1 aliphatic heterocycles. The highest BCUT2D eigenvalue weighted by atomic mass is 32.2. The van der Waals surface area contributed by atoms with Crippen LogP contribution in [0.4, 0.5) is 0 Å². The van der Waals surface area contributed by atoms with E-state index in [0.29, 0.717) is 5.92 Å². The van der Waals surface area contributed by atoms with E-state index in [9.17, 15) is 0 Å². The molecule has 0 aliphatic carbocycles. The summed E-state index contributed by atoms with van der Waals surface area (Å²) in [6.07, 6.45) is 19.0. The van der Waals surface area contributed by atoms with Crippen molar-refractivity contribution >= 4 is 26.8 Å². The van der Waals surface area contributed by atoms with Gasteiger partial charge in [0.05, 0.1) is 0 Å². The molecule has 1 aliphatic rings. The van der Waals surface area contributed by atoms with Gasteiger partial charge in [-0.2, -0.15) is 0 Å². The highest BCUT2D eigenvalue weighted by Crippen LogP contribution is 2.43. The molecular weight excluding hydrogens is 569 g/mol.